The van der Waals surface area contributed by atoms with Gasteiger partial charge in [-0.2, -0.15) is 11.8 Å². The molecular formula is C12H19N3OS. The van der Waals surface area contributed by atoms with Crippen LogP contribution < -0.4 is 5.32 Å². The Hall–Kier alpha value is -0.520. The van der Waals surface area contributed by atoms with Crippen LogP contribution in [0, 0.1) is 0 Å². The molecule has 1 aromatic heterocycles. The van der Waals surface area contributed by atoms with Crippen LogP contribution in [-0.4, -0.2) is 39.7 Å². The predicted molar refractivity (Wildman–Crippen MR) is 69.2 cm³/mol. The third-order valence-electron chi connectivity index (χ3n) is 3.58. The van der Waals surface area contributed by atoms with Crippen LogP contribution in [0.25, 0.3) is 0 Å². The summed E-state index contributed by atoms with van der Waals surface area (Å²) in [7, 11) is 2.03. The first kappa shape index (κ1) is 11.6. The maximum absolute atomic E-state index is 5.85. The van der Waals surface area contributed by atoms with Crippen molar-refractivity contribution in [2.75, 3.05) is 18.1 Å². The van der Waals surface area contributed by atoms with Crippen molar-refractivity contribution in [3.63, 3.8) is 0 Å². The van der Waals surface area contributed by atoms with Gasteiger partial charge >= 0.3 is 0 Å². The quantitative estimate of drug-likeness (QED) is 0.882. The van der Waals surface area contributed by atoms with E-state index in [2.05, 4.69) is 14.9 Å². The number of ether oxygens (including phenoxy) is 1. The van der Waals surface area contributed by atoms with Crippen LogP contribution >= 0.6 is 11.8 Å². The fraction of sp³-hybridized carbons (Fsp3) is 0.750. The van der Waals surface area contributed by atoms with E-state index in [0.29, 0.717) is 12.1 Å². The molecule has 4 nitrogen and oxygen atoms in total. The van der Waals surface area contributed by atoms with Crippen molar-refractivity contribution in [3.8, 4) is 0 Å². The number of thioether (sulfide) groups is 1. The van der Waals surface area contributed by atoms with E-state index in [0.717, 1.165) is 18.9 Å². The Labute approximate surface area is 106 Å². The standard InChI is InChI=1S/C12H19N3OS/c1-15-5-4-13-12(15)11-10(2-6-16-11)14-9-3-7-17-8-9/h4-5,9-11,14H,2-3,6-8H2,1H3/t9-,10+,11+/m1/s1. The van der Waals surface area contributed by atoms with Crippen LogP contribution in [0.5, 0.6) is 0 Å². The monoisotopic (exact) mass is 253 g/mol. The normalized spacial score (nSPS) is 33.4. The molecule has 0 saturated carbocycles. The number of imidazole rings is 1. The van der Waals surface area contributed by atoms with Crippen LogP contribution in [-0.2, 0) is 11.8 Å². The Kier molecular flexibility index (Phi) is 3.40. The lowest BCUT2D eigenvalue weighted by molar-refractivity contribution is 0.0878. The molecule has 3 rings (SSSR count). The molecule has 0 unspecified atom stereocenters. The zero-order chi connectivity index (χ0) is 11.7. The molecule has 3 heterocycles. The van der Waals surface area contributed by atoms with Gasteiger partial charge in [-0.3, -0.25) is 0 Å². The van der Waals surface area contributed by atoms with E-state index in [1.165, 1.54) is 17.9 Å². The first-order valence-corrected chi connectivity index (χ1v) is 7.42. The highest BCUT2D eigenvalue weighted by Crippen LogP contribution is 2.29. The molecule has 1 aromatic rings. The average molecular weight is 253 g/mol. The Morgan fingerprint density at radius 3 is 3.18 bits per heavy atom. The third-order valence-corrected chi connectivity index (χ3v) is 4.75. The number of hydrogen-bond acceptors (Lipinski definition) is 4. The molecule has 2 fully saturated rings. The zero-order valence-corrected chi connectivity index (χ0v) is 10.9. The van der Waals surface area contributed by atoms with Crippen molar-refractivity contribution >= 4 is 11.8 Å². The predicted octanol–water partition coefficient (Wildman–Crippen LogP) is 1.35. The van der Waals surface area contributed by atoms with Gasteiger partial charge in [-0.15, -0.1) is 0 Å². The van der Waals surface area contributed by atoms with Gasteiger partial charge in [0.15, 0.2) is 0 Å². The fourth-order valence-corrected chi connectivity index (χ4v) is 3.80. The van der Waals surface area contributed by atoms with Crippen molar-refractivity contribution in [2.45, 2.75) is 31.0 Å². The Morgan fingerprint density at radius 1 is 1.53 bits per heavy atom. The van der Waals surface area contributed by atoms with Gasteiger partial charge in [0, 0.05) is 43.9 Å². The van der Waals surface area contributed by atoms with Crippen LogP contribution in [0.1, 0.15) is 24.8 Å². The van der Waals surface area contributed by atoms with E-state index >= 15 is 0 Å². The van der Waals surface area contributed by atoms with Crippen molar-refractivity contribution in [1.29, 1.82) is 0 Å². The topological polar surface area (TPSA) is 39.1 Å². The van der Waals surface area contributed by atoms with Gasteiger partial charge in [0.2, 0.25) is 0 Å². The second-order valence-corrected chi connectivity index (χ2v) is 5.96. The zero-order valence-electron chi connectivity index (χ0n) is 10.1. The SMILES string of the molecule is Cn1ccnc1[C@H]1OCC[C@@H]1N[C@@H]1CCSC1. The number of nitrogens with zero attached hydrogens (tertiary/aromatic N) is 2. The van der Waals surface area contributed by atoms with E-state index in [1.807, 2.05) is 31.2 Å². The Morgan fingerprint density at radius 2 is 2.47 bits per heavy atom. The van der Waals surface area contributed by atoms with Crippen LogP contribution in [0.3, 0.4) is 0 Å². The van der Waals surface area contributed by atoms with Crippen molar-refractivity contribution in [1.82, 2.24) is 14.9 Å². The minimum Gasteiger partial charge on any atom is -0.369 e. The van der Waals surface area contributed by atoms with Gasteiger partial charge in [0.25, 0.3) is 0 Å². The molecule has 2 aliphatic heterocycles. The highest BCUT2D eigenvalue weighted by atomic mass is 32.2. The lowest BCUT2D eigenvalue weighted by Gasteiger charge is -2.23. The summed E-state index contributed by atoms with van der Waals surface area (Å²) in [5, 5.41) is 3.74. The first-order valence-electron chi connectivity index (χ1n) is 6.27. The van der Waals surface area contributed by atoms with E-state index in [4.69, 9.17) is 4.74 Å². The molecule has 3 atom stereocenters. The summed E-state index contributed by atoms with van der Waals surface area (Å²) in [5.41, 5.74) is 0. The maximum atomic E-state index is 5.85. The lowest BCUT2D eigenvalue weighted by atomic mass is 10.1. The van der Waals surface area contributed by atoms with E-state index < -0.39 is 0 Å². The minimum absolute atomic E-state index is 0.126. The second kappa shape index (κ2) is 5.00. The Balaban J connectivity index is 1.69. The fourth-order valence-electron chi connectivity index (χ4n) is 2.63. The summed E-state index contributed by atoms with van der Waals surface area (Å²) < 4.78 is 7.91. The van der Waals surface area contributed by atoms with E-state index in [-0.39, 0.29) is 6.10 Å². The average Bonchev–Trinajstić information content (AvgIpc) is 3.00. The molecule has 0 radical (unpaired) electrons. The molecule has 17 heavy (non-hydrogen) atoms. The Bertz CT molecular complexity index is 376. The minimum atomic E-state index is 0.126. The molecule has 0 bridgehead atoms. The summed E-state index contributed by atoms with van der Waals surface area (Å²) in [4.78, 5) is 4.42. The molecule has 5 heteroatoms. The summed E-state index contributed by atoms with van der Waals surface area (Å²) >= 11 is 2.04. The highest BCUT2D eigenvalue weighted by molar-refractivity contribution is 7.99. The molecule has 1 N–H and O–H groups in total. The molecular weight excluding hydrogens is 234 g/mol. The summed E-state index contributed by atoms with van der Waals surface area (Å²) in [6, 6.07) is 1.09. The number of rotatable bonds is 3. The summed E-state index contributed by atoms with van der Waals surface area (Å²) in [5.74, 6) is 3.58. The summed E-state index contributed by atoms with van der Waals surface area (Å²) in [6.45, 7) is 0.842. The van der Waals surface area contributed by atoms with Crippen LogP contribution in [0.2, 0.25) is 0 Å². The second-order valence-electron chi connectivity index (χ2n) is 4.81. The highest BCUT2D eigenvalue weighted by Gasteiger charge is 2.34. The number of aryl methyl sites for hydroxylation is 1. The van der Waals surface area contributed by atoms with Crippen LogP contribution in [0.4, 0.5) is 0 Å². The molecule has 0 spiro atoms. The largest absolute Gasteiger partial charge is 0.369 e. The van der Waals surface area contributed by atoms with Gasteiger partial charge in [-0.05, 0) is 18.6 Å². The van der Waals surface area contributed by atoms with Crippen molar-refractivity contribution in [2.24, 2.45) is 7.05 Å². The van der Waals surface area contributed by atoms with Gasteiger partial charge in [0.05, 0.1) is 0 Å². The number of hydrogen-bond donors (Lipinski definition) is 1. The van der Waals surface area contributed by atoms with E-state index in [1.54, 1.807) is 0 Å². The van der Waals surface area contributed by atoms with Crippen molar-refractivity contribution in [3.05, 3.63) is 18.2 Å². The van der Waals surface area contributed by atoms with Gasteiger partial charge in [-0.1, -0.05) is 0 Å². The molecule has 0 amide bonds. The van der Waals surface area contributed by atoms with Crippen molar-refractivity contribution < 1.29 is 4.74 Å². The molecule has 94 valence electrons. The van der Waals surface area contributed by atoms with Gasteiger partial charge in [0.1, 0.15) is 11.9 Å². The van der Waals surface area contributed by atoms with E-state index in [9.17, 15) is 0 Å². The molecule has 2 aliphatic rings. The smallest absolute Gasteiger partial charge is 0.139 e. The first-order chi connectivity index (χ1) is 8.34. The van der Waals surface area contributed by atoms with Gasteiger partial charge < -0.3 is 14.6 Å². The maximum Gasteiger partial charge on any atom is 0.139 e. The summed E-state index contributed by atoms with van der Waals surface area (Å²) in [6.07, 6.45) is 6.34. The molecule has 2 saturated heterocycles. The molecule has 0 aliphatic carbocycles. The lowest BCUT2D eigenvalue weighted by Crippen LogP contribution is -2.40. The van der Waals surface area contributed by atoms with Gasteiger partial charge in [-0.25, -0.2) is 4.98 Å². The third kappa shape index (κ3) is 2.37. The molecule has 0 aromatic carbocycles. The number of nitrogens with one attached hydrogen (secondary N) is 1. The van der Waals surface area contributed by atoms with Crippen LogP contribution in [0.15, 0.2) is 12.4 Å². The number of aromatic nitrogens is 2.